The van der Waals surface area contributed by atoms with Gasteiger partial charge in [-0.2, -0.15) is 0 Å². The number of nitrogens with zero attached hydrogens (tertiary/aromatic N) is 1. The fourth-order valence-electron chi connectivity index (χ4n) is 4.64. The molecular formula is C22H33NO9. The van der Waals surface area contributed by atoms with E-state index >= 15 is 0 Å². The highest BCUT2D eigenvalue weighted by Crippen LogP contribution is 2.35. The van der Waals surface area contributed by atoms with Crippen molar-refractivity contribution in [2.45, 2.75) is 82.5 Å². The van der Waals surface area contributed by atoms with Crippen LogP contribution < -0.4 is 0 Å². The number of carbonyl (C=O) groups is 3. The molecule has 180 valence electrons. The molecule has 2 saturated heterocycles. The molecular weight excluding hydrogens is 422 g/mol. The number of aliphatic hydroxyl groups excluding tert-OH is 1. The van der Waals surface area contributed by atoms with Gasteiger partial charge in [0.05, 0.1) is 6.04 Å². The fraction of sp³-hybridized carbons (Fsp3) is 0.773. The Hall–Kier alpha value is -2.01. The SMILES string of the molecule is CCC(C)C1(O)C(=O)OC2CCN3CC=C(COC(=O)C(O)(CC)C(C)OC(=O)C1O)C23. The van der Waals surface area contributed by atoms with E-state index in [2.05, 4.69) is 4.90 Å². The van der Waals surface area contributed by atoms with Gasteiger partial charge in [0.1, 0.15) is 18.8 Å². The second-order valence-electron chi connectivity index (χ2n) is 8.92. The number of hydrogen-bond donors (Lipinski definition) is 3. The van der Waals surface area contributed by atoms with Crippen LogP contribution in [0.1, 0.15) is 47.0 Å². The zero-order valence-electron chi connectivity index (χ0n) is 18.9. The summed E-state index contributed by atoms with van der Waals surface area (Å²) in [6.45, 7) is 7.12. The minimum atomic E-state index is -2.56. The van der Waals surface area contributed by atoms with Gasteiger partial charge >= 0.3 is 17.9 Å². The molecule has 32 heavy (non-hydrogen) atoms. The van der Waals surface area contributed by atoms with E-state index in [0.717, 1.165) is 5.57 Å². The molecule has 3 aliphatic rings. The number of carbonyl (C=O) groups excluding carboxylic acids is 3. The van der Waals surface area contributed by atoms with Gasteiger partial charge in [-0.05, 0) is 31.3 Å². The minimum Gasteiger partial charge on any atom is -0.459 e. The van der Waals surface area contributed by atoms with Gasteiger partial charge in [-0.25, -0.2) is 14.4 Å². The summed E-state index contributed by atoms with van der Waals surface area (Å²) in [5, 5.41) is 32.9. The van der Waals surface area contributed by atoms with Gasteiger partial charge in [-0.1, -0.05) is 33.3 Å². The molecule has 7 atom stereocenters. The molecule has 0 radical (unpaired) electrons. The Kier molecular flexibility index (Phi) is 6.99. The van der Waals surface area contributed by atoms with E-state index in [0.29, 0.717) is 19.5 Å². The lowest BCUT2D eigenvalue weighted by Crippen LogP contribution is -2.61. The summed E-state index contributed by atoms with van der Waals surface area (Å²) in [5.74, 6) is -4.26. The Balaban J connectivity index is 2.02. The van der Waals surface area contributed by atoms with Crippen LogP contribution in [0.3, 0.4) is 0 Å². The number of hydrogen-bond acceptors (Lipinski definition) is 10. The van der Waals surface area contributed by atoms with E-state index in [-0.39, 0.29) is 25.5 Å². The summed E-state index contributed by atoms with van der Waals surface area (Å²) in [7, 11) is 0. The van der Waals surface area contributed by atoms with Crippen molar-refractivity contribution in [1.82, 2.24) is 4.90 Å². The minimum absolute atomic E-state index is 0.116. The fourth-order valence-corrected chi connectivity index (χ4v) is 4.64. The second kappa shape index (κ2) is 9.09. The molecule has 0 bridgehead atoms. The summed E-state index contributed by atoms with van der Waals surface area (Å²) >= 11 is 0. The molecule has 0 aliphatic carbocycles. The van der Waals surface area contributed by atoms with Crippen LogP contribution in [0.4, 0.5) is 0 Å². The van der Waals surface area contributed by atoms with E-state index in [1.54, 1.807) is 6.92 Å². The van der Waals surface area contributed by atoms with Crippen molar-refractivity contribution >= 4 is 17.9 Å². The number of aliphatic hydroxyl groups is 3. The maximum Gasteiger partial charge on any atom is 0.342 e. The highest BCUT2D eigenvalue weighted by Gasteiger charge is 2.56. The molecule has 3 rings (SSSR count). The number of rotatable bonds is 3. The Morgan fingerprint density at radius 3 is 2.50 bits per heavy atom. The van der Waals surface area contributed by atoms with Crippen LogP contribution in [0.5, 0.6) is 0 Å². The summed E-state index contributed by atoms with van der Waals surface area (Å²) in [6, 6.07) is -0.355. The normalized spacial score (nSPS) is 40.0. The molecule has 0 spiro atoms. The van der Waals surface area contributed by atoms with Crippen LogP contribution in [0.25, 0.3) is 0 Å². The smallest absolute Gasteiger partial charge is 0.342 e. The van der Waals surface area contributed by atoms with E-state index < -0.39 is 53.3 Å². The molecule has 0 amide bonds. The van der Waals surface area contributed by atoms with Crippen molar-refractivity contribution in [2.24, 2.45) is 5.92 Å². The first-order chi connectivity index (χ1) is 15.0. The van der Waals surface area contributed by atoms with Crippen LogP contribution in [-0.4, -0.2) is 93.4 Å². The number of esters is 3. The number of ether oxygens (including phenoxy) is 3. The van der Waals surface area contributed by atoms with Crippen molar-refractivity contribution in [3.8, 4) is 0 Å². The monoisotopic (exact) mass is 455 g/mol. The third kappa shape index (κ3) is 3.93. The zero-order valence-corrected chi connectivity index (χ0v) is 18.9. The molecule has 10 nitrogen and oxygen atoms in total. The van der Waals surface area contributed by atoms with Gasteiger partial charge in [0, 0.05) is 13.1 Å². The average molecular weight is 456 g/mol. The van der Waals surface area contributed by atoms with E-state index in [9.17, 15) is 29.7 Å². The van der Waals surface area contributed by atoms with E-state index in [1.165, 1.54) is 20.8 Å². The first-order valence-electron chi connectivity index (χ1n) is 11.1. The van der Waals surface area contributed by atoms with Crippen molar-refractivity contribution in [1.29, 1.82) is 0 Å². The molecule has 0 saturated carbocycles. The van der Waals surface area contributed by atoms with Gasteiger partial charge in [0.25, 0.3) is 0 Å². The predicted octanol–water partition coefficient (Wildman–Crippen LogP) is -0.320. The molecule has 0 aromatic carbocycles. The Labute approximate surface area is 187 Å². The van der Waals surface area contributed by atoms with Crippen molar-refractivity contribution in [3.05, 3.63) is 11.6 Å². The topological polar surface area (TPSA) is 143 Å². The Morgan fingerprint density at radius 1 is 1.19 bits per heavy atom. The van der Waals surface area contributed by atoms with Gasteiger partial charge in [-0.15, -0.1) is 0 Å². The summed E-state index contributed by atoms with van der Waals surface area (Å²) in [5.41, 5.74) is -4.00. The highest BCUT2D eigenvalue weighted by molar-refractivity contribution is 5.90. The molecule has 3 aliphatic heterocycles. The van der Waals surface area contributed by atoms with Crippen LogP contribution in [0, 0.1) is 5.92 Å². The Bertz CT molecular complexity index is 798. The van der Waals surface area contributed by atoms with E-state index in [4.69, 9.17) is 14.2 Å². The van der Waals surface area contributed by atoms with Gasteiger partial charge in [0.2, 0.25) is 5.60 Å². The van der Waals surface area contributed by atoms with Crippen LogP contribution in [0.2, 0.25) is 0 Å². The van der Waals surface area contributed by atoms with Crippen molar-refractivity contribution in [2.75, 3.05) is 19.7 Å². The first-order valence-corrected chi connectivity index (χ1v) is 11.1. The molecule has 10 heteroatoms. The summed E-state index contributed by atoms with van der Waals surface area (Å²) in [6.07, 6.45) is -1.82. The quantitative estimate of drug-likeness (QED) is 0.294. The molecule has 0 aromatic rings. The van der Waals surface area contributed by atoms with Gasteiger partial charge in [-0.3, -0.25) is 4.90 Å². The molecule has 3 heterocycles. The van der Waals surface area contributed by atoms with Crippen LogP contribution in [-0.2, 0) is 28.6 Å². The van der Waals surface area contributed by atoms with Gasteiger partial charge < -0.3 is 29.5 Å². The predicted molar refractivity (Wildman–Crippen MR) is 110 cm³/mol. The highest BCUT2D eigenvalue weighted by atomic mass is 16.6. The third-order valence-electron chi connectivity index (χ3n) is 7.23. The lowest BCUT2D eigenvalue weighted by Gasteiger charge is -2.38. The molecule has 3 N–H and O–H groups in total. The lowest BCUT2D eigenvalue weighted by atomic mass is 9.81. The molecule has 2 fully saturated rings. The standard InChI is InChI=1S/C22H33NO9/c1-5-12(3)22(29)17(24)18(25)31-13(4)21(28,6-2)19(26)30-11-14-7-9-23-10-8-15(16(14)23)32-20(22)27/h7,12-13,15-17,24,28-29H,5-6,8-11H2,1-4H3. The van der Waals surface area contributed by atoms with Crippen molar-refractivity contribution in [3.63, 3.8) is 0 Å². The van der Waals surface area contributed by atoms with Crippen LogP contribution in [0.15, 0.2) is 11.6 Å². The third-order valence-corrected chi connectivity index (χ3v) is 7.23. The van der Waals surface area contributed by atoms with E-state index in [1.807, 2.05) is 6.08 Å². The van der Waals surface area contributed by atoms with Crippen LogP contribution >= 0.6 is 0 Å². The van der Waals surface area contributed by atoms with Gasteiger partial charge in [0.15, 0.2) is 11.7 Å². The number of cyclic esters (lactones) is 2. The lowest BCUT2D eigenvalue weighted by molar-refractivity contribution is -0.212. The maximum atomic E-state index is 13.1. The molecule has 7 unspecified atom stereocenters. The molecule has 0 aromatic heterocycles. The first kappa shape index (κ1) is 24.6. The Morgan fingerprint density at radius 2 is 1.88 bits per heavy atom. The second-order valence-corrected chi connectivity index (χ2v) is 8.92. The maximum absolute atomic E-state index is 13.1. The summed E-state index contributed by atoms with van der Waals surface area (Å²) in [4.78, 5) is 40.6. The van der Waals surface area contributed by atoms with Crippen molar-refractivity contribution < 1.29 is 43.9 Å². The zero-order chi connectivity index (χ0) is 23.8. The summed E-state index contributed by atoms with van der Waals surface area (Å²) < 4.78 is 16.1. The largest absolute Gasteiger partial charge is 0.459 e. The average Bonchev–Trinajstić information content (AvgIpc) is 3.37.